The Bertz CT molecular complexity index is 554. The Morgan fingerprint density at radius 2 is 2.11 bits per heavy atom. The first kappa shape index (κ1) is 13.0. The first-order valence-corrected chi connectivity index (χ1v) is 6.41. The van der Waals surface area contributed by atoms with Crippen LogP contribution in [-0.4, -0.2) is 4.92 Å². The Morgan fingerprint density at radius 1 is 1.28 bits per heavy atom. The molecular weight excluding hydrogens is 347 g/mol. The molecule has 0 amide bonds. The smallest absolute Gasteiger partial charge is 0.269 e. The third kappa shape index (κ3) is 3.54. The van der Waals surface area contributed by atoms with Crippen LogP contribution in [-0.2, 0) is 13.1 Å². The van der Waals surface area contributed by atoms with Crippen molar-refractivity contribution >= 4 is 28.3 Å². The van der Waals surface area contributed by atoms with Crippen LogP contribution in [0.4, 0.5) is 5.69 Å². The standard InChI is InChI=1S/C12H11IN2O3/c13-12-5-4-11(18-12)8-14-7-9-2-1-3-10(6-9)15(16)17/h1-6,14H,7-8H2. The number of nitro groups is 1. The van der Waals surface area contributed by atoms with Crippen molar-refractivity contribution in [3.63, 3.8) is 0 Å². The van der Waals surface area contributed by atoms with Crippen molar-refractivity contribution in [1.82, 2.24) is 5.32 Å². The number of non-ortho nitro benzene ring substituents is 1. The number of nitro benzene ring substituents is 1. The molecule has 1 N–H and O–H groups in total. The molecule has 0 aliphatic rings. The zero-order valence-corrected chi connectivity index (χ0v) is 11.6. The highest BCUT2D eigenvalue weighted by atomic mass is 127. The van der Waals surface area contributed by atoms with Gasteiger partial charge in [-0.1, -0.05) is 12.1 Å². The van der Waals surface area contributed by atoms with Gasteiger partial charge in [-0.05, 0) is 40.3 Å². The van der Waals surface area contributed by atoms with Crippen molar-refractivity contribution in [3.8, 4) is 0 Å². The van der Waals surface area contributed by atoms with E-state index in [-0.39, 0.29) is 5.69 Å². The summed E-state index contributed by atoms with van der Waals surface area (Å²) in [7, 11) is 0. The van der Waals surface area contributed by atoms with Crippen molar-refractivity contribution in [2.75, 3.05) is 0 Å². The minimum Gasteiger partial charge on any atom is -0.454 e. The Labute approximate surface area is 117 Å². The van der Waals surface area contributed by atoms with Gasteiger partial charge in [-0.2, -0.15) is 0 Å². The SMILES string of the molecule is O=[N+]([O-])c1cccc(CNCc2ccc(I)o2)c1. The maximum absolute atomic E-state index is 10.6. The predicted molar refractivity (Wildman–Crippen MR) is 75.1 cm³/mol. The molecule has 1 heterocycles. The van der Waals surface area contributed by atoms with Crippen molar-refractivity contribution in [2.45, 2.75) is 13.1 Å². The van der Waals surface area contributed by atoms with Gasteiger partial charge in [0, 0.05) is 18.7 Å². The molecule has 2 rings (SSSR count). The lowest BCUT2D eigenvalue weighted by Crippen LogP contribution is -2.12. The monoisotopic (exact) mass is 358 g/mol. The summed E-state index contributed by atoms with van der Waals surface area (Å²) >= 11 is 2.11. The molecule has 0 bridgehead atoms. The molecule has 0 atom stereocenters. The maximum Gasteiger partial charge on any atom is 0.269 e. The minimum atomic E-state index is -0.390. The van der Waals surface area contributed by atoms with Crippen molar-refractivity contribution in [3.05, 3.63) is 61.6 Å². The van der Waals surface area contributed by atoms with Crippen LogP contribution >= 0.6 is 22.6 Å². The van der Waals surface area contributed by atoms with Gasteiger partial charge in [0.05, 0.1) is 11.5 Å². The van der Waals surface area contributed by atoms with Crippen LogP contribution in [0.25, 0.3) is 0 Å². The van der Waals surface area contributed by atoms with E-state index in [9.17, 15) is 10.1 Å². The molecule has 0 spiro atoms. The van der Waals surface area contributed by atoms with Gasteiger partial charge in [0.1, 0.15) is 5.76 Å². The molecule has 0 aliphatic carbocycles. The van der Waals surface area contributed by atoms with E-state index in [0.717, 1.165) is 15.1 Å². The van der Waals surface area contributed by atoms with Crippen molar-refractivity contribution in [2.24, 2.45) is 0 Å². The van der Waals surface area contributed by atoms with Gasteiger partial charge < -0.3 is 9.73 Å². The van der Waals surface area contributed by atoms with E-state index in [1.165, 1.54) is 6.07 Å². The van der Waals surface area contributed by atoms with Crippen LogP contribution < -0.4 is 5.32 Å². The van der Waals surface area contributed by atoms with Gasteiger partial charge in [-0.3, -0.25) is 10.1 Å². The van der Waals surface area contributed by atoms with Crippen LogP contribution in [0.15, 0.2) is 40.8 Å². The Morgan fingerprint density at radius 3 is 2.78 bits per heavy atom. The molecule has 1 aromatic carbocycles. The Balaban J connectivity index is 1.90. The number of hydrogen-bond donors (Lipinski definition) is 1. The second-order valence-electron chi connectivity index (χ2n) is 3.74. The molecule has 0 saturated carbocycles. The summed E-state index contributed by atoms with van der Waals surface area (Å²) in [5.74, 6) is 0.852. The molecule has 1 aromatic heterocycles. The molecule has 0 unspecified atom stereocenters. The molecule has 2 aromatic rings. The molecule has 0 saturated heterocycles. The number of furan rings is 1. The largest absolute Gasteiger partial charge is 0.454 e. The average molecular weight is 358 g/mol. The van der Waals surface area contributed by atoms with E-state index in [4.69, 9.17) is 4.42 Å². The molecule has 18 heavy (non-hydrogen) atoms. The third-order valence-corrected chi connectivity index (χ3v) is 2.96. The third-order valence-electron chi connectivity index (χ3n) is 2.38. The summed E-state index contributed by atoms with van der Waals surface area (Å²) in [5.41, 5.74) is 0.993. The van der Waals surface area contributed by atoms with E-state index < -0.39 is 4.92 Å². The normalized spacial score (nSPS) is 10.5. The van der Waals surface area contributed by atoms with E-state index in [1.807, 2.05) is 18.2 Å². The Kier molecular flexibility index (Phi) is 4.32. The van der Waals surface area contributed by atoms with Gasteiger partial charge >= 0.3 is 0 Å². The second-order valence-corrected chi connectivity index (χ2v) is 4.80. The highest BCUT2D eigenvalue weighted by Crippen LogP contribution is 2.13. The minimum absolute atomic E-state index is 0.113. The highest BCUT2D eigenvalue weighted by Gasteiger charge is 2.05. The number of benzene rings is 1. The topological polar surface area (TPSA) is 68.3 Å². The summed E-state index contributed by atoms with van der Waals surface area (Å²) in [6.07, 6.45) is 0. The van der Waals surface area contributed by atoms with Gasteiger partial charge in [0.25, 0.3) is 5.69 Å². The number of nitrogens with one attached hydrogen (secondary N) is 1. The summed E-state index contributed by atoms with van der Waals surface area (Å²) in [6.45, 7) is 1.17. The first-order valence-electron chi connectivity index (χ1n) is 5.33. The quantitative estimate of drug-likeness (QED) is 0.507. The predicted octanol–water partition coefficient (Wildman–Crippen LogP) is 3.08. The zero-order chi connectivity index (χ0) is 13.0. The second kappa shape index (κ2) is 5.96. The summed E-state index contributed by atoms with van der Waals surface area (Å²) in [4.78, 5) is 10.2. The van der Waals surface area contributed by atoms with E-state index in [1.54, 1.807) is 12.1 Å². The number of hydrogen-bond acceptors (Lipinski definition) is 4. The molecule has 0 aliphatic heterocycles. The van der Waals surface area contributed by atoms with Gasteiger partial charge in [0.2, 0.25) is 0 Å². The lowest BCUT2D eigenvalue weighted by Gasteiger charge is -2.02. The van der Waals surface area contributed by atoms with Gasteiger partial charge in [0.15, 0.2) is 3.77 Å². The Hall–Kier alpha value is -1.41. The number of rotatable bonds is 5. The van der Waals surface area contributed by atoms with Crippen LogP contribution in [0.3, 0.4) is 0 Å². The first-order chi connectivity index (χ1) is 8.65. The molecule has 6 heteroatoms. The summed E-state index contributed by atoms with van der Waals surface area (Å²) in [5, 5.41) is 13.8. The molecular formula is C12H11IN2O3. The number of nitrogens with zero attached hydrogens (tertiary/aromatic N) is 1. The number of halogens is 1. The highest BCUT2D eigenvalue weighted by molar-refractivity contribution is 14.1. The van der Waals surface area contributed by atoms with E-state index in [2.05, 4.69) is 27.9 Å². The average Bonchev–Trinajstić information content (AvgIpc) is 2.75. The van der Waals surface area contributed by atoms with Crippen LogP contribution in [0, 0.1) is 13.9 Å². The lowest BCUT2D eigenvalue weighted by atomic mass is 10.2. The maximum atomic E-state index is 10.6. The van der Waals surface area contributed by atoms with Crippen molar-refractivity contribution < 1.29 is 9.34 Å². The molecule has 94 valence electrons. The van der Waals surface area contributed by atoms with Crippen LogP contribution in [0.1, 0.15) is 11.3 Å². The molecule has 0 fully saturated rings. The zero-order valence-electron chi connectivity index (χ0n) is 9.43. The van der Waals surface area contributed by atoms with Gasteiger partial charge in [-0.25, -0.2) is 0 Å². The summed E-state index contributed by atoms with van der Waals surface area (Å²) in [6, 6.07) is 10.4. The van der Waals surface area contributed by atoms with E-state index >= 15 is 0 Å². The summed E-state index contributed by atoms with van der Waals surface area (Å²) < 4.78 is 6.25. The fourth-order valence-electron chi connectivity index (χ4n) is 1.56. The van der Waals surface area contributed by atoms with Crippen LogP contribution in [0.5, 0.6) is 0 Å². The molecule has 0 radical (unpaired) electrons. The fraction of sp³-hybridized carbons (Fsp3) is 0.167. The van der Waals surface area contributed by atoms with Crippen molar-refractivity contribution in [1.29, 1.82) is 0 Å². The lowest BCUT2D eigenvalue weighted by molar-refractivity contribution is -0.384. The van der Waals surface area contributed by atoms with E-state index in [0.29, 0.717) is 13.1 Å². The van der Waals surface area contributed by atoms with Crippen LogP contribution in [0.2, 0.25) is 0 Å². The fourth-order valence-corrected chi connectivity index (χ4v) is 2.02. The van der Waals surface area contributed by atoms with Gasteiger partial charge in [-0.15, -0.1) is 0 Å². The molecule has 5 nitrogen and oxygen atoms in total.